The van der Waals surface area contributed by atoms with Gasteiger partial charge in [-0.2, -0.15) is 4.72 Å². The Morgan fingerprint density at radius 3 is 2.30 bits per heavy atom. The third kappa shape index (κ3) is 2.99. The van der Waals surface area contributed by atoms with Crippen LogP contribution >= 0.6 is 0 Å². The molecule has 0 radical (unpaired) electrons. The van der Waals surface area contributed by atoms with Gasteiger partial charge in [-0.3, -0.25) is 4.79 Å². The van der Waals surface area contributed by atoms with Gasteiger partial charge in [0.2, 0.25) is 10.0 Å². The van der Waals surface area contributed by atoms with Gasteiger partial charge in [0.1, 0.15) is 28.0 Å². The highest BCUT2D eigenvalue weighted by atomic mass is 32.2. The normalized spacial score (nSPS) is 13.0. The third-order valence-electron chi connectivity index (χ3n) is 2.57. The quantitative estimate of drug-likeness (QED) is 0.756. The number of rotatable bonds is 5. The maximum atomic E-state index is 12.2. The van der Waals surface area contributed by atoms with Crippen molar-refractivity contribution in [1.82, 2.24) is 4.72 Å². The van der Waals surface area contributed by atoms with Crippen molar-refractivity contribution in [1.29, 1.82) is 0 Å². The number of sulfonamides is 1. The first kappa shape index (κ1) is 16.2. The number of furan rings is 1. The second kappa shape index (κ2) is 5.63. The Morgan fingerprint density at radius 2 is 1.85 bits per heavy atom. The molecular weight excluding hydrogens is 290 g/mol. The summed E-state index contributed by atoms with van der Waals surface area (Å²) < 4.78 is 36.0. The van der Waals surface area contributed by atoms with Crippen LogP contribution in [0.3, 0.4) is 0 Å². The number of carboxylic acid groups (broad SMARTS) is 1. The SMILES string of the molecule is COC(=O)c1c(C)oc(C)c1S(=O)(=O)NC(C)C(=O)O. The second-order valence-electron chi connectivity index (χ2n) is 4.09. The molecule has 2 N–H and O–H groups in total. The van der Waals surface area contributed by atoms with Crippen molar-refractivity contribution < 1.29 is 32.3 Å². The molecule has 1 unspecified atom stereocenters. The van der Waals surface area contributed by atoms with Crippen LogP contribution in [0.1, 0.15) is 28.8 Å². The van der Waals surface area contributed by atoms with E-state index in [4.69, 9.17) is 9.52 Å². The van der Waals surface area contributed by atoms with Gasteiger partial charge in [0.25, 0.3) is 0 Å². The molecule has 1 heterocycles. The Kier molecular flexibility index (Phi) is 4.56. The third-order valence-corrected chi connectivity index (χ3v) is 4.26. The van der Waals surface area contributed by atoms with Crippen LogP contribution in [0.25, 0.3) is 0 Å². The summed E-state index contributed by atoms with van der Waals surface area (Å²) in [6.07, 6.45) is 0. The van der Waals surface area contributed by atoms with Crippen LogP contribution in [-0.2, 0) is 19.6 Å². The van der Waals surface area contributed by atoms with Crippen molar-refractivity contribution in [2.45, 2.75) is 31.7 Å². The molecule has 0 saturated carbocycles. The highest BCUT2D eigenvalue weighted by molar-refractivity contribution is 7.89. The van der Waals surface area contributed by atoms with E-state index in [1.165, 1.54) is 20.8 Å². The van der Waals surface area contributed by atoms with E-state index in [2.05, 4.69) is 4.74 Å². The molecular formula is C11H15NO7S. The maximum absolute atomic E-state index is 12.2. The number of aryl methyl sites for hydroxylation is 2. The number of carbonyl (C=O) groups is 2. The summed E-state index contributed by atoms with van der Waals surface area (Å²) in [5.41, 5.74) is -0.241. The number of hydrogen-bond acceptors (Lipinski definition) is 6. The molecule has 0 amide bonds. The first-order valence-electron chi connectivity index (χ1n) is 5.55. The van der Waals surface area contributed by atoms with Crippen molar-refractivity contribution in [2.24, 2.45) is 0 Å². The second-order valence-corrected chi connectivity index (χ2v) is 5.74. The minimum atomic E-state index is -4.23. The topological polar surface area (TPSA) is 123 Å². The minimum Gasteiger partial charge on any atom is -0.480 e. The zero-order chi connectivity index (χ0) is 15.7. The summed E-state index contributed by atoms with van der Waals surface area (Å²) in [5.74, 6) is -2.15. The molecule has 0 aliphatic heterocycles. The fraction of sp³-hybridized carbons (Fsp3) is 0.455. The molecule has 1 aromatic heterocycles. The van der Waals surface area contributed by atoms with Gasteiger partial charge < -0.3 is 14.3 Å². The average molecular weight is 305 g/mol. The Bertz CT molecular complexity index is 644. The molecule has 0 fully saturated rings. The highest BCUT2D eigenvalue weighted by Crippen LogP contribution is 2.27. The average Bonchev–Trinajstić information content (AvgIpc) is 2.63. The van der Waals surface area contributed by atoms with Crippen LogP contribution in [0.4, 0.5) is 0 Å². The van der Waals surface area contributed by atoms with E-state index in [-0.39, 0.29) is 17.1 Å². The van der Waals surface area contributed by atoms with Crippen LogP contribution in [0.2, 0.25) is 0 Å². The first-order valence-corrected chi connectivity index (χ1v) is 7.03. The van der Waals surface area contributed by atoms with Gasteiger partial charge in [-0.25, -0.2) is 13.2 Å². The van der Waals surface area contributed by atoms with Crippen LogP contribution in [0, 0.1) is 13.8 Å². The number of aliphatic carboxylic acids is 1. The number of nitrogens with one attached hydrogen (secondary N) is 1. The van der Waals surface area contributed by atoms with E-state index in [1.54, 1.807) is 0 Å². The van der Waals surface area contributed by atoms with Crippen LogP contribution in [0.5, 0.6) is 0 Å². The summed E-state index contributed by atoms with van der Waals surface area (Å²) in [6.45, 7) is 3.94. The standard InChI is InChI=1S/C11H15NO7S/c1-5(10(13)14)12-20(16,17)9-7(3)19-6(2)8(9)11(15)18-4/h5,12H,1-4H3,(H,13,14). The lowest BCUT2D eigenvalue weighted by molar-refractivity contribution is -0.138. The van der Waals surface area contributed by atoms with Crippen molar-refractivity contribution in [3.8, 4) is 0 Å². The van der Waals surface area contributed by atoms with E-state index in [0.29, 0.717) is 0 Å². The van der Waals surface area contributed by atoms with E-state index < -0.39 is 32.9 Å². The molecule has 8 nitrogen and oxygen atoms in total. The van der Waals surface area contributed by atoms with Crippen molar-refractivity contribution in [2.75, 3.05) is 7.11 Å². The van der Waals surface area contributed by atoms with E-state index in [0.717, 1.165) is 7.11 Å². The van der Waals surface area contributed by atoms with E-state index in [9.17, 15) is 18.0 Å². The Balaban J connectivity index is 3.39. The predicted octanol–water partition coefficient (Wildman–Crippen LogP) is 0.434. The van der Waals surface area contributed by atoms with E-state index in [1.807, 2.05) is 4.72 Å². The number of methoxy groups -OCH3 is 1. The number of ether oxygens (including phenoxy) is 1. The van der Waals surface area contributed by atoms with Gasteiger partial charge in [0, 0.05) is 0 Å². The predicted molar refractivity (Wildman–Crippen MR) is 66.9 cm³/mol. The highest BCUT2D eigenvalue weighted by Gasteiger charge is 2.33. The molecule has 9 heteroatoms. The molecule has 0 aliphatic rings. The number of carbonyl (C=O) groups excluding carboxylic acids is 1. The molecule has 0 spiro atoms. The van der Waals surface area contributed by atoms with E-state index >= 15 is 0 Å². The maximum Gasteiger partial charge on any atom is 0.342 e. The Morgan fingerprint density at radius 1 is 1.30 bits per heavy atom. The van der Waals surface area contributed by atoms with Gasteiger partial charge >= 0.3 is 11.9 Å². The molecule has 0 bridgehead atoms. The number of hydrogen-bond donors (Lipinski definition) is 2. The summed E-state index contributed by atoms with van der Waals surface area (Å²) in [4.78, 5) is 22.0. The van der Waals surface area contributed by atoms with Gasteiger partial charge in [0.05, 0.1) is 7.11 Å². The van der Waals surface area contributed by atoms with Crippen LogP contribution < -0.4 is 4.72 Å². The zero-order valence-electron chi connectivity index (χ0n) is 11.4. The summed E-state index contributed by atoms with van der Waals surface area (Å²) in [7, 11) is -3.12. The van der Waals surface area contributed by atoms with Gasteiger partial charge in [-0.1, -0.05) is 0 Å². The molecule has 0 aliphatic carbocycles. The monoisotopic (exact) mass is 305 g/mol. The van der Waals surface area contributed by atoms with Gasteiger partial charge in [0.15, 0.2) is 0 Å². The largest absolute Gasteiger partial charge is 0.480 e. The van der Waals surface area contributed by atoms with Crippen LogP contribution in [-0.4, -0.2) is 38.6 Å². The summed E-state index contributed by atoms with van der Waals surface area (Å²) in [6, 6.07) is -1.35. The lowest BCUT2D eigenvalue weighted by atomic mass is 10.2. The first-order chi connectivity index (χ1) is 9.11. The van der Waals surface area contributed by atoms with Gasteiger partial charge in [-0.05, 0) is 20.8 Å². The fourth-order valence-corrected chi connectivity index (χ4v) is 3.27. The van der Waals surface area contributed by atoms with Crippen LogP contribution in [0.15, 0.2) is 9.31 Å². The molecule has 1 rings (SSSR count). The summed E-state index contributed by atoms with van der Waals surface area (Å²) in [5, 5.41) is 8.75. The molecule has 0 saturated heterocycles. The van der Waals surface area contributed by atoms with Gasteiger partial charge in [-0.15, -0.1) is 0 Å². The fourth-order valence-electron chi connectivity index (χ4n) is 1.67. The Hall–Kier alpha value is -1.87. The molecule has 1 aromatic rings. The Labute approximate surface area is 115 Å². The smallest absolute Gasteiger partial charge is 0.342 e. The number of carboxylic acids is 1. The molecule has 1 atom stereocenters. The molecule has 20 heavy (non-hydrogen) atoms. The minimum absolute atomic E-state index is 0.0204. The lowest BCUT2D eigenvalue weighted by Crippen LogP contribution is -2.38. The van der Waals surface area contributed by atoms with Crippen molar-refractivity contribution in [3.05, 3.63) is 17.1 Å². The zero-order valence-corrected chi connectivity index (χ0v) is 12.2. The summed E-state index contributed by atoms with van der Waals surface area (Å²) >= 11 is 0. The molecule has 0 aromatic carbocycles. The number of esters is 1. The van der Waals surface area contributed by atoms with Crippen molar-refractivity contribution >= 4 is 22.0 Å². The van der Waals surface area contributed by atoms with Crippen molar-refractivity contribution in [3.63, 3.8) is 0 Å². The lowest BCUT2D eigenvalue weighted by Gasteiger charge is -2.10. The molecule has 112 valence electrons.